The van der Waals surface area contributed by atoms with Crippen molar-refractivity contribution in [3.63, 3.8) is 0 Å². The lowest BCUT2D eigenvalue weighted by Gasteiger charge is -2.46. The number of hydrogen-bond donors (Lipinski definition) is 0. The van der Waals surface area contributed by atoms with Crippen LogP contribution in [0.15, 0.2) is 206 Å². The molecule has 2 aliphatic rings. The van der Waals surface area contributed by atoms with Crippen molar-refractivity contribution in [2.24, 2.45) is 0 Å². The van der Waals surface area contributed by atoms with Gasteiger partial charge in [0.05, 0.1) is 22.7 Å². The number of anilines is 6. The fourth-order valence-corrected chi connectivity index (χ4v) is 9.06. The highest BCUT2D eigenvalue weighted by molar-refractivity contribution is 6.07. The van der Waals surface area contributed by atoms with Crippen LogP contribution < -0.4 is 14.5 Å². The van der Waals surface area contributed by atoms with E-state index in [-0.39, 0.29) is 5.41 Å². The predicted molar refractivity (Wildman–Crippen MR) is 242 cm³/mol. The van der Waals surface area contributed by atoms with Crippen LogP contribution in [0.2, 0.25) is 0 Å². The first-order chi connectivity index (χ1) is 28.5. The minimum absolute atomic E-state index is 0.329. The second-order valence-corrected chi connectivity index (χ2v) is 15.8. The number of fused-ring (bicyclic) bond motifs is 6. The molecule has 0 bridgehead atoms. The third kappa shape index (κ3) is 5.43. The van der Waals surface area contributed by atoms with Gasteiger partial charge in [-0.15, -0.1) is 0 Å². The largest absolute Gasteiger partial charge is 0.451 e. The van der Waals surface area contributed by atoms with Crippen LogP contribution in [-0.2, 0) is 5.41 Å². The Kier molecular flexibility index (Phi) is 7.84. The maximum absolute atomic E-state index is 7.29. The third-order valence-electron chi connectivity index (χ3n) is 12.0. The van der Waals surface area contributed by atoms with Crippen LogP contribution in [0.3, 0.4) is 0 Å². The van der Waals surface area contributed by atoms with Gasteiger partial charge in [0.25, 0.3) is 0 Å². The van der Waals surface area contributed by atoms with E-state index in [1.165, 1.54) is 55.6 Å². The fraction of sp³-hybridized carbons (Fsp3) is 0.0545. The quantitative estimate of drug-likeness (QED) is 0.169. The van der Waals surface area contributed by atoms with E-state index in [0.29, 0.717) is 0 Å². The van der Waals surface area contributed by atoms with E-state index in [2.05, 4.69) is 230 Å². The number of rotatable bonds is 6. The molecule has 3 heteroatoms. The molecule has 2 heterocycles. The van der Waals surface area contributed by atoms with E-state index in [1.54, 1.807) is 0 Å². The van der Waals surface area contributed by atoms with Gasteiger partial charge >= 0.3 is 0 Å². The van der Waals surface area contributed by atoms with E-state index >= 15 is 0 Å². The van der Waals surface area contributed by atoms with Crippen LogP contribution in [-0.4, -0.2) is 0 Å². The second kappa shape index (κ2) is 13.4. The Bertz CT molecular complexity index is 2890. The molecule has 0 atom stereocenters. The van der Waals surface area contributed by atoms with Crippen molar-refractivity contribution in [1.82, 2.24) is 0 Å². The molecule has 3 nitrogen and oxygen atoms in total. The summed E-state index contributed by atoms with van der Waals surface area (Å²) in [7, 11) is 0. The molecule has 0 saturated carbocycles. The van der Waals surface area contributed by atoms with Crippen molar-refractivity contribution in [3.8, 4) is 44.9 Å². The Balaban J connectivity index is 1.14. The summed E-state index contributed by atoms with van der Waals surface area (Å²) in [4.78, 5) is 4.84. The van der Waals surface area contributed by atoms with Gasteiger partial charge in [-0.1, -0.05) is 172 Å². The smallest absolute Gasteiger partial charge is 0.175 e. The standard InChI is InChI=1S/C55H40N2O/c1-55(2)47-32-34-50(56(44-28-22-40(23-29-44)37-14-6-3-7-15-37)45-30-24-41(25-31-45)38-16-8-4-9-17-38)54-53(47)57(52-46-21-13-12-20-42(46)27-35-51(52)58-54)49-33-26-43(36-48(49)55)39-18-10-5-11-19-39/h3-36H,1-2H3. The zero-order valence-corrected chi connectivity index (χ0v) is 32.4. The van der Waals surface area contributed by atoms with E-state index in [0.717, 1.165) is 45.3 Å². The fourth-order valence-electron chi connectivity index (χ4n) is 9.06. The minimum Gasteiger partial charge on any atom is -0.451 e. The highest BCUT2D eigenvalue weighted by Crippen LogP contribution is 2.64. The SMILES string of the molecule is CC1(C)c2cc(-c3ccccc3)ccc2N2c3c1ccc(N(c1ccc(-c4ccccc4)cc1)c1ccc(-c4ccccc4)cc1)c3Oc1ccc3ccccc3c12. The van der Waals surface area contributed by atoms with Crippen molar-refractivity contribution >= 4 is 44.9 Å². The molecule has 0 unspecified atom stereocenters. The van der Waals surface area contributed by atoms with Gasteiger partial charge in [-0.3, -0.25) is 0 Å². The minimum atomic E-state index is -0.329. The highest BCUT2D eigenvalue weighted by Gasteiger charge is 2.44. The number of nitrogens with zero attached hydrogens (tertiary/aromatic N) is 2. The van der Waals surface area contributed by atoms with Crippen molar-refractivity contribution in [3.05, 3.63) is 217 Å². The molecule has 0 saturated heterocycles. The molecule has 0 spiro atoms. The Hall–Kier alpha value is -7.36. The normalized spacial score (nSPS) is 13.2. The molecule has 2 aliphatic heterocycles. The lowest BCUT2D eigenvalue weighted by atomic mass is 9.72. The summed E-state index contributed by atoms with van der Waals surface area (Å²) in [6.07, 6.45) is 0. The molecule has 9 aromatic carbocycles. The van der Waals surface area contributed by atoms with Gasteiger partial charge in [0.15, 0.2) is 11.5 Å². The molecule has 0 N–H and O–H groups in total. The predicted octanol–water partition coefficient (Wildman–Crippen LogP) is 15.5. The van der Waals surface area contributed by atoms with Gasteiger partial charge in [0.2, 0.25) is 0 Å². The Labute approximate surface area is 339 Å². The van der Waals surface area contributed by atoms with Crippen LogP contribution in [0, 0.1) is 0 Å². The van der Waals surface area contributed by atoms with Crippen molar-refractivity contribution in [2.75, 3.05) is 9.80 Å². The first kappa shape index (κ1) is 33.9. The first-order valence-corrected chi connectivity index (χ1v) is 20.0. The van der Waals surface area contributed by atoms with Gasteiger partial charge in [0.1, 0.15) is 0 Å². The molecular formula is C55H40N2O. The lowest BCUT2D eigenvalue weighted by Crippen LogP contribution is -2.33. The summed E-state index contributed by atoms with van der Waals surface area (Å²) in [6, 6.07) is 74.2. The van der Waals surface area contributed by atoms with Crippen LogP contribution in [0.4, 0.5) is 34.1 Å². The van der Waals surface area contributed by atoms with Gasteiger partial charge < -0.3 is 14.5 Å². The molecule has 9 aromatic rings. The van der Waals surface area contributed by atoms with E-state index in [9.17, 15) is 0 Å². The molecule has 0 aliphatic carbocycles. The molecule has 0 amide bonds. The van der Waals surface area contributed by atoms with Crippen LogP contribution in [0.1, 0.15) is 25.0 Å². The zero-order chi connectivity index (χ0) is 38.8. The van der Waals surface area contributed by atoms with Gasteiger partial charge in [-0.05, 0) is 98.4 Å². The average Bonchev–Trinajstić information content (AvgIpc) is 3.29. The Morgan fingerprint density at radius 3 is 1.55 bits per heavy atom. The van der Waals surface area contributed by atoms with Crippen molar-refractivity contribution < 1.29 is 4.74 Å². The molecule has 11 rings (SSSR count). The number of benzene rings is 9. The zero-order valence-electron chi connectivity index (χ0n) is 32.4. The highest BCUT2D eigenvalue weighted by atomic mass is 16.5. The maximum atomic E-state index is 7.29. The Morgan fingerprint density at radius 2 is 0.948 bits per heavy atom. The van der Waals surface area contributed by atoms with Gasteiger partial charge in [-0.25, -0.2) is 0 Å². The third-order valence-corrected chi connectivity index (χ3v) is 12.0. The second-order valence-electron chi connectivity index (χ2n) is 15.8. The maximum Gasteiger partial charge on any atom is 0.175 e. The summed E-state index contributed by atoms with van der Waals surface area (Å²) in [5.74, 6) is 1.67. The van der Waals surface area contributed by atoms with E-state index in [1.807, 2.05) is 0 Å². The van der Waals surface area contributed by atoms with E-state index in [4.69, 9.17) is 4.74 Å². The molecular weight excluding hydrogens is 705 g/mol. The van der Waals surface area contributed by atoms with Crippen LogP contribution in [0.5, 0.6) is 11.5 Å². The summed E-state index contributed by atoms with van der Waals surface area (Å²) >= 11 is 0. The van der Waals surface area contributed by atoms with Crippen LogP contribution >= 0.6 is 0 Å². The van der Waals surface area contributed by atoms with Crippen molar-refractivity contribution in [2.45, 2.75) is 19.3 Å². The van der Waals surface area contributed by atoms with E-state index < -0.39 is 0 Å². The summed E-state index contributed by atoms with van der Waals surface area (Å²) in [5.41, 5.74) is 15.7. The monoisotopic (exact) mass is 744 g/mol. The molecule has 276 valence electrons. The molecule has 0 fully saturated rings. The van der Waals surface area contributed by atoms with Crippen molar-refractivity contribution in [1.29, 1.82) is 0 Å². The topological polar surface area (TPSA) is 15.7 Å². The average molecular weight is 745 g/mol. The van der Waals surface area contributed by atoms with Gasteiger partial charge in [-0.2, -0.15) is 0 Å². The number of hydrogen-bond acceptors (Lipinski definition) is 3. The lowest BCUT2D eigenvalue weighted by molar-refractivity contribution is 0.473. The molecule has 58 heavy (non-hydrogen) atoms. The number of ether oxygens (including phenoxy) is 1. The van der Waals surface area contributed by atoms with Gasteiger partial charge in [0, 0.05) is 22.2 Å². The first-order valence-electron chi connectivity index (χ1n) is 20.0. The summed E-state index contributed by atoms with van der Waals surface area (Å²) < 4.78 is 7.29. The summed E-state index contributed by atoms with van der Waals surface area (Å²) in [6.45, 7) is 4.71. The molecule has 0 radical (unpaired) electrons. The Morgan fingerprint density at radius 1 is 0.431 bits per heavy atom. The molecule has 0 aromatic heterocycles. The van der Waals surface area contributed by atoms with Crippen LogP contribution in [0.25, 0.3) is 44.2 Å². The summed E-state index contributed by atoms with van der Waals surface area (Å²) in [5, 5.41) is 2.33.